The van der Waals surface area contributed by atoms with Crippen LogP contribution in [0.4, 0.5) is 0 Å². The molecule has 1 aliphatic carbocycles. The third-order valence-corrected chi connectivity index (χ3v) is 3.78. The summed E-state index contributed by atoms with van der Waals surface area (Å²) in [7, 11) is 0. The molecule has 0 saturated heterocycles. The predicted molar refractivity (Wildman–Crippen MR) is 74.5 cm³/mol. The molecule has 2 atom stereocenters. The van der Waals surface area contributed by atoms with Crippen molar-refractivity contribution < 1.29 is 0 Å². The molecule has 0 aliphatic heterocycles. The molecule has 1 fully saturated rings. The first-order valence-electron chi connectivity index (χ1n) is 6.83. The molecule has 0 radical (unpaired) electrons. The Balaban J connectivity index is 1.96. The van der Waals surface area contributed by atoms with Crippen molar-refractivity contribution in [1.29, 1.82) is 0 Å². The molecule has 1 heteroatoms. The summed E-state index contributed by atoms with van der Waals surface area (Å²) in [5.74, 6) is 1.68. The Bertz CT molecular complexity index is 358. The lowest BCUT2D eigenvalue weighted by Gasteiger charge is -2.19. The van der Waals surface area contributed by atoms with Crippen LogP contribution in [0.5, 0.6) is 0 Å². The molecule has 0 spiro atoms. The van der Waals surface area contributed by atoms with E-state index in [1.165, 1.54) is 24.1 Å². The van der Waals surface area contributed by atoms with Crippen molar-refractivity contribution in [2.24, 2.45) is 5.92 Å². The van der Waals surface area contributed by atoms with Crippen LogP contribution in [0, 0.1) is 5.92 Å². The minimum absolute atomic E-state index is 0.269. The summed E-state index contributed by atoms with van der Waals surface area (Å²) in [5, 5.41) is 3.45. The first kappa shape index (κ1) is 12.6. The van der Waals surface area contributed by atoms with Gasteiger partial charge < -0.3 is 5.32 Å². The molecule has 2 unspecified atom stereocenters. The van der Waals surface area contributed by atoms with Crippen molar-refractivity contribution in [2.45, 2.75) is 45.4 Å². The average molecular weight is 231 g/mol. The Labute approximate surface area is 106 Å². The van der Waals surface area contributed by atoms with Crippen LogP contribution in [0.1, 0.15) is 51.2 Å². The molecule has 17 heavy (non-hydrogen) atoms. The number of benzene rings is 1. The van der Waals surface area contributed by atoms with Gasteiger partial charge in [-0.05, 0) is 47.9 Å². The number of rotatable bonds is 4. The normalized spacial score (nSPS) is 23.8. The highest BCUT2D eigenvalue weighted by atomic mass is 14.9. The Hall–Kier alpha value is -0.820. The summed E-state index contributed by atoms with van der Waals surface area (Å²) in [5.41, 5.74) is 3.23. The lowest BCUT2D eigenvalue weighted by molar-refractivity contribution is 0.589. The van der Waals surface area contributed by atoms with E-state index in [0.717, 1.165) is 18.4 Å². The zero-order valence-electron chi connectivity index (χ0n) is 11.6. The third-order valence-electron chi connectivity index (χ3n) is 3.78. The summed E-state index contributed by atoms with van der Waals surface area (Å²) in [4.78, 5) is 0. The highest BCUT2D eigenvalue weighted by Crippen LogP contribution is 2.47. The quantitative estimate of drug-likeness (QED) is 0.833. The van der Waals surface area contributed by atoms with E-state index >= 15 is 0 Å². The van der Waals surface area contributed by atoms with Crippen LogP contribution in [0.2, 0.25) is 0 Å². The van der Waals surface area contributed by atoms with Gasteiger partial charge in [0.25, 0.3) is 0 Å². The maximum Gasteiger partial charge on any atom is -0.00146 e. The number of nitrogens with one attached hydrogen (secondary N) is 1. The lowest BCUT2D eigenvalue weighted by Crippen LogP contribution is -2.16. The minimum Gasteiger partial charge on any atom is -0.317 e. The van der Waals surface area contributed by atoms with Crippen LogP contribution >= 0.6 is 0 Å². The third kappa shape index (κ3) is 3.10. The van der Waals surface area contributed by atoms with Crippen LogP contribution in [0.3, 0.4) is 0 Å². The second-order valence-corrected chi connectivity index (χ2v) is 6.28. The number of hydrogen-bond donors (Lipinski definition) is 1. The molecule has 0 amide bonds. The van der Waals surface area contributed by atoms with E-state index in [9.17, 15) is 0 Å². The molecular weight excluding hydrogens is 206 g/mol. The van der Waals surface area contributed by atoms with Crippen molar-refractivity contribution in [3.63, 3.8) is 0 Å². The monoisotopic (exact) mass is 231 g/mol. The fourth-order valence-electron chi connectivity index (χ4n) is 2.44. The van der Waals surface area contributed by atoms with E-state index in [-0.39, 0.29) is 5.41 Å². The van der Waals surface area contributed by atoms with E-state index in [2.05, 4.69) is 57.3 Å². The Morgan fingerprint density at radius 2 is 1.82 bits per heavy atom. The molecule has 0 heterocycles. The molecular formula is C16H25N. The van der Waals surface area contributed by atoms with Crippen molar-refractivity contribution in [3.05, 3.63) is 35.4 Å². The maximum absolute atomic E-state index is 3.45. The van der Waals surface area contributed by atoms with Gasteiger partial charge >= 0.3 is 0 Å². The van der Waals surface area contributed by atoms with Gasteiger partial charge in [0, 0.05) is 0 Å². The lowest BCUT2D eigenvalue weighted by atomic mass is 9.86. The first-order valence-corrected chi connectivity index (χ1v) is 6.83. The van der Waals surface area contributed by atoms with Gasteiger partial charge in [0.05, 0.1) is 0 Å². The molecule has 1 N–H and O–H groups in total. The Morgan fingerprint density at radius 3 is 2.35 bits per heavy atom. The molecule has 2 rings (SSSR count). The summed E-state index contributed by atoms with van der Waals surface area (Å²) >= 11 is 0. The van der Waals surface area contributed by atoms with Gasteiger partial charge in [0.2, 0.25) is 0 Å². The fraction of sp³-hybridized carbons (Fsp3) is 0.625. The van der Waals surface area contributed by atoms with E-state index < -0.39 is 0 Å². The van der Waals surface area contributed by atoms with Crippen molar-refractivity contribution in [1.82, 2.24) is 5.32 Å². The highest BCUT2D eigenvalue weighted by molar-refractivity contribution is 5.32. The van der Waals surface area contributed by atoms with Gasteiger partial charge in [0.1, 0.15) is 0 Å². The van der Waals surface area contributed by atoms with E-state index in [4.69, 9.17) is 0 Å². The van der Waals surface area contributed by atoms with E-state index in [1.54, 1.807) is 0 Å². The van der Waals surface area contributed by atoms with Gasteiger partial charge in [-0.2, -0.15) is 0 Å². The van der Waals surface area contributed by atoms with Crippen LogP contribution < -0.4 is 5.32 Å². The smallest absolute Gasteiger partial charge is 0.00146 e. The predicted octanol–water partition coefficient (Wildman–Crippen LogP) is 3.70. The summed E-state index contributed by atoms with van der Waals surface area (Å²) in [6.45, 7) is 11.3. The molecule has 1 nitrogen and oxygen atoms in total. The number of hydrogen-bond acceptors (Lipinski definition) is 1. The van der Waals surface area contributed by atoms with Gasteiger partial charge in [-0.1, -0.05) is 52.0 Å². The maximum atomic E-state index is 3.45. The van der Waals surface area contributed by atoms with Crippen LogP contribution in [0.25, 0.3) is 0 Å². The van der Waals surface area contributed by atoms with Crippen molar-refractivity contribution in [2.75, 3.05) is 13.1 Å². The van der Waals surface area contributed by atoms with Crippen molar-refractivity contribution >= 4 is 0 Å². The van der Waals surface area contributed by atoms with Gasteiger partial charge in [0.15, 0.2) is 0 Å². The van der Waals surface area contributed by atoms with Gasteiger partial charge in [-0.25, -0.2) is 0 Å². The first-order chi connectivity index (χ1) is 8.02. The molecule has 94 valence electrons. The standard InChI is InChI=1S/C16H25N/c1-5-17-11-13-10-15(13)12-6-8-14(9-7-12)16(2,3)4/h6-9,13,15,17H,5,10-11H2,1-4H3. The molecule has 1 aromatic carbocycles. The van der Waals surface area contributed by atoms with Crippen LogP contribution in [-0.2, 0) is 5.41 Å². The average Bonchev–Trinajstić information content (AvgIpc) is 3.05. The zero-order valence-corrected chi connectivity index (χ0v) is 11.6. The topological polar surface area (TPSA) is 12.0 Å². The van der Waals surface area contributed by atoms with Crippen LogP contribution in [0.15, 0.2) is 24.3 Å². The van der Waals surface area contributed by atoms with E-state index in [1.807, 2.05) is 0 Å². The fourth-order valence-corrected chi connectivity index (χ4v) is 2.44. The second-order valence-electron chi connectivity index (χ2n) is 6.28. The second kappa shape index (κ2) is 4.81. The molecule has 1 aromatic rings. The largest absolute Gasteiger partial charge is 0.317 e. The Kier molecular flexibility index (Phi) is 3.58. The van der Waals surface area contributed by atoms with Gasteiger partial charge in [-0.3, -0.25) is 0 Å². The molecule has 1 saturated carbocycles. The van der Waals surface area contributed by atoms with E-state index in [0.29, 0.717) is 0 Å². The highest BCUT2D eigenvalue weighted by Gasteiger charge is 2.37. The summed E-state index contributed by atoms with van der Waals surface area (Å²) < 4.78 is 0. The Morgan fingerprint density at radius 1 is 1.18 bits per heavy atom. The SMILES string of the molecule is CCNCC1CC1c1ccc(C(C)(C)C)cc1. The molecule has 0 bridgehead atoms. The zero-order chi connectivity index (χ0) is 12.5. The molecule has 0 aromatic heterocycles. The van der Waals surface area contributed by atoms with Gasteiger partial charge in [-0.15, -0.1) is 0 Å². The summed E-state index contributed by atoms with van der Waals surface area (Å²) in [6.07, 6.45) is 1.36. The van der Waals surface area contributed by atoms with Crippen molar-refractivity contribution in [3.8, 4) is 0 Å². The minimum atomic E-state index is 0.269. The van der Waals surface area contributed by atoms with Crippen LogP contribution in [-0.4, -0.2) is 13.1 Å². The summed E-state index contributed by atoms with van der Waals surface area (Å²) in [6, 6.07) is 9.27. The molecule has 1 aliphatic rings.